The number of anilines is 1. The minimum atomic E-state index is -1.15. The molecule has 1 atom stereocenters. The van der Waals surface area contributed by atoms with E-state index in [2.05, 4.69) is 15.6 Å². The molecule has 0 unspecified atom stereocenters. The van der Waals surface area contributed by atoms with Gasteiger partial charge in [-0.25, -0.2) is 9.78 Å². The van der Waals surface area contributed by atoms with Gasteiger partial charge in [-0.1, -0.05) is 23.7 Å². The van der Waals surface area contributed by atoms with Crippen LogP contribution in [0.2, 0.25) is 5.02 Å². The van der Waals surface area contributed by atoms with E-state index in [9.17, 15) is 14.7 Å². The van der Waals surface area contributed by atoms with Crippen LogP contribution in [0.1, 0.15) is 21.6 Å². The number of nitrogens with one attached hydrogen (secondary N) is 2. The highest BCUT2D eigenvalue weighted by atomic mass is 35.5. The number of carboxylic acid groups (broad SMARTS) is 1. The van der Waals surface area contributed by atoms with Gasteiger partial charge in [-0.3, -0.25) is 4.79 Å². The predicted octanol–water partition coefficient (Wildman–Crippen LogP) is 3.60. The van der Waals surface area contributed by atoms with Crippen LogP contribution in [0.25, 0.3) is 0 Å². The number of nitrogens with zero attached hydrogens (tertiary/aromatic N) is 1. The zero-order valence-electron chi connectivity index (χ0n) is 19.6. The second-order valence-corrected chi connectivity index (χ2v) is 8.49. The van der Waals surface area contributed by atoms with Gasteiger partial charge in [-0.05, 0) is 48.0 Å². The van der Waals surface area contributed by atoms with Crippen LogP contribution in [0.5, 0.6) is 17.2 Å². The number of aromatic nitrogens is 1. The third kappa shape index (κ3) is 6.37. The average Bonchev–Trinajstić information content (AvgIpc) is 2.89. The summed E-state index contributed by atoms with van der Waals surface area (Å²) in [6.07, 6.45) is 0.723. The Morgan fingerprint density at radius 3 is 2.67 bits per heavy atom. The quantitative estimate of drug-likeness (QED) is 0.378. The van der Waals surface area contributed by atoms with Crippen LogP contribution in [0.4, 0.5) is 5.82 Å². The van der Waals surface area contributed by atoms with E-state index in [1.165, 1.54) is 19.2 Å². The fraction of sp³-hybridized carbons (Fsp3) is 0.269. The number of aliphatic carboxylic acids is 1. The molecule has 2 aromatic carbocycles. The molecular formula is C26H26ClN3O6. The molecular weight excluding hydrogens is 486 g/mol. The van der Waals surface area contributed by atoms with Gasteiger partial charge in [0.05, 0.1) is 30.8 Å². The second-order valence-electron chi connectivity index (χ2n) is 8.08. The number of halogens is 1. The minimum absolute atomic E-state index is 0.100. The van der Waals surface area contributed by atoms with Crippen molar-refractivity contribution in [2.75, 3.05) is 32.2 Å². The Balaban J connectivity index is 1.30. The summed E-state index contributed by atoms with van der Waals surface area (Å²) < 4.78 is 16.4. The van der Waals surface area contributed by atoms with Crippen LogP contribution in [0.15, 0.2) is 54.6 Å². The van der Waals surface area contributed by atoms with E-state index in [0.29, 0.717) is 31.1 Å². The third-order valence-corrected chi connectivity index (χ3v) is 5.90. The molecule has 1 amide bonds. The zero-order chi connectivity index (χ0) is 25.5. The number of hydrogen-bond donors (Lipinski definition) is 3. The maximum absolute atomic E-state index is 12.6. The maximum atomic E-state index is 12.6. The van der Waals surface area contributed by atoms with Crippen LogP contribution < -0.4 is 24.8 Å². The number of carbonyl (C=O) groups excluding carboxylic acids is 1. The van der Waals surface area contributed by atoms with Crippen molar-refractivity contribution in [2.45, 2.75) is 18.9 Å². The second kappa shape index (κ2) is 11.6. The summed E-state index contributed by atoms with van der Waals surface area (Å²) in [5.74, 6) is 0.929. The summed E-state index contributed by atoms with van der Waals surface area (Å²) in [6, 6.07) is 14.3. The Morgan fingerprint density at radius 2 is 1.94 bits per heavy atom. The van der Waals surface area contributed by atoms with E-state index in [1.54, 1.807) is 30.3 Å². The molecule has 0 fully saturated rings. The Hall–Kier alpha value is -3.98. The average molecular weight is 512 g/mol. The van der Waals surface area contributed by atoms with Gasteiger partial charge in [0.1, 0.15) is 24.1 Å². The molecule has 1 aliphatic heterocycles. The summed E-state index contributed by atoms with van der Waals surface area (Å²) in [7, 11) is 1.49. The molecule has 188 valence electrons. The Morgan fingerprint density at radius 1 is 1.17 bits per heavy atom. The molecule has 9 nitrogen and oxygen atoms in total. The topological polar surface area (TPSA) is 119 Å². The molecule has 0 aliphatic carbocycles. The Labute approximate surface area is 213 Å². The molecule has 0 spiro atoms. The van der Waals surface area contributed by atoms with E-state index in [0.717, 1.165) is 29.4 Å². The highest BCUT2D eigenvalue weighted by Crippen LogP contribution is 2.25. The van der Waals surface area contributed by atoms with Gasteiger partial charge in [-0.2, -0.15) is 0 Å². The summed E-state index contributed by atoms with van der Waals surface area (Å²) in [4.78, 5) is 28.9. The van der Waals surface area contributed by atoms with Crippen molar-refractivity contribution in [3.63, 3.8) is 0 Å². The molecule has 0 radical (unpaired) electrons. The van der Waals surface area contributed by atoms with Crippen molar-refractivity contribution >= 4 is 29.3 Å². The van der Waals surface area contributed by atoms with Crippen molar-refractivity contribution < 1.29 is 28.9 Å². The summed E-state index contributed by atoms with van der Waals surface area (Å²) in [5, 5.41) is 15.5. The lowest BCUT2D eigenvalue weighted by molar-refractivity contribution is -0.139. The molecule has 1 aromatic heterocycles. The molecule has 1 aliphatic rings. The van der Waals surface area contributed by atoms with Crippen LogP contribution in [-0.4, -0.2) is 54.9 Å². The molecule has 3 N–H and O–H groups in total. The van der Waals surface area contributed by atoms with E-state index in [-0.39, 0.29) is 17.0 Å². The van der Waals surface area contributed by atoms with Gasteiger partial charge in [0.2, 0.25) is 0 Å². The fourth-order valence-electron chi connectivity index (χ4n) is 3.67. The van der Waals surface area contributed by atoms with E-state index < -0.39 is 17.9 Å². The SMILES string of the molecule is COc1ccc(C(=O)N[C@@H](Cc2ccc(OCCc3ccc4c(n3)NCCO4)cc2)C(=O)O)c(Cl)c1. The first-order chi connectivity index (χ1) is 17.4. The highest BCUT2D eigenvalue weighted by molar-refractivity contribution is 6.34. The summed E-state index contributed by atoms with van der Waals surface area (Å²) in [6.45, 7) is 1.79. The van der Waals surface area contributed by atoms with Gasteiger partial charge in [0.15, 0.2) is 11.6 Å². The largest absolute Gasteiger partial charge is 0.497 e. The first-order valence-corrected chi connectivity index (χ1v) is 11.8. The first kappa shape index (κ1) is 25.1. The number of benzene rings is 2. The minimum Gasteiger partial charge on any atom is -0.497 e. The Bertz CT molecular complexity index is 1230. The number of amides is 1. The molecule has 36 heavy (non-hydrogen) atoms. The number of rotatable bonds is 10. The summed E-state index contributed by atoms with van der Waals surface area (Å²) >= 11 is 6.14. The summed E-state index contributed by atoms with van der Waals surface area (Å²) in [5.41, 5.74) is 1.79. The first-order valence-electron chi connectivity index (χ1n) is 11.4. The Kier molecular flexibility index (Phi) is 8.12. The standard InChI is InChI=1S/C26H26ClN3O6/c1-34-19-7-8-20(21(27)15-19)25(31)30-22(26(32)33)14-16-2-5-18(6-3-16)35-12-10-17-4-9-23-24(29-17)28-11-13-36-23/h2-9,15,22H,10-14H2,1H3,(H,28,29)(H,30,31)(H,32,33)/t22-/m0/s1. The van der Waals surface area contributed by atoms with Gasteiger partial charge >= 0.3 is 5.97 Å². The van der Waals surface area contributed by atoms with Crippen molar-refractivity contribution in [1.82, 2.24) is 10.3 Å². The number of fused-ring (bicyclic) bond motifs is 1. The van der Waals surface area contributed by atoms with Crippen molar-refractivity contribution in [2.24, 2.45) is 0 Å². The van der Waals surface area contributed by atoms with E-state index in [1.807, 2.05) is 12.1 Å². The van der Waals surface area contributed by atoms with Crippen LogP contribution in [-0.2, 0) is 17.6 Å². The molecule has 4 rings (SSSR count). The van der Waals surface area contributed by atoms with Crippen molar-refractivity contribution in [3.05, 3.63) is 76.4 Å². The number of methoxy groups -OCH3 is 1. The number of pyridine rings is 1. The number of hydrogen-bond acceptors (Lipinski definition) is 7. The van der Waals surface area contributed by atoms with E-state index >= 15 is 0 Å². The highest BCUT2D eigenvalue weighted by Gasteiger charge is 2.22. The molecule has 0 saturated heterocycles. The molecule has 0 bridgehead atoms. The fourth-order valence-corrected chi connectivity index (χ4v) is 3.93. The smallest absolute Gasteiger partial charge is 0.326 e. The number of carboxylic acids is 1. The van der Waals surface area contributed by atoms with E-state index in [4.69, 9.17) is 25.8 Å². The van der Waals surface area contributed by atoms with Crippen molar-refractivity contribution in [3.8, 4) is 17.2 Å². The molecule has 10 heteroatoms. The van der Waals surface area contributed by atoms with Gasteiger partial charge in [0, 0.05) is 18.5 Å². The van der Waals surface area contributed by atoms with Crippen LogP contribution in [0.3, 0.4) is 0 Å². The number of carbonyl (C=O) groups is 2. The lowest BCUT2D eigenvalue weighted by Gasteiger charge is -2.18. The third-order valence-electron chi connectivity index (χ3n) is 5.58. The lowest BCUT2D eigenvalue weighted by Crippen LogP contribution is -2.42. The molecule has 0 saturated carbocycles. The van der Waals surface area contributed by atoms with Gasteiger partial charge < -0.3 is 30.0 Å². The van der Waals surface area contributed by atoms with Gasteiger partial charge in [0.25, 0.3) is 5.91 Å². The normalized spacial score (nSPS) is 12.9. The lowest BCUT2D eigenvalue weighted by atomic mass is 10.1. The van der Waals surface area contributed by atoms with Crippen molar-refractivity contribution in [1.29, 1.82) is 0 Å². The monoisotopic (exact) mass is 511 g/mol. The maximum Gasteiger partial charge on any atom is 0.326 e. The zero-order valence-corrected chi connectivity index (χ0v) is 20.4. The van der Waals surface area contributed by atoms with Gasteiger partial charge in [-0.15, -0.1) is 0 Å². The van der Waals surface area contributed by atoms with Crippen LogP contribution >= 0.6 is 11.6 Å². The molecule has 2 heterocycles. The number of ether oxygens (including phenoxy) is 3. The molecule has 3 aromatic rings. The predicted molar refractivity (Wildman–Crippen MR) is 134 cm³/mol. The van der Waals surface area contributed by atoms with Crippen LogP contribution in [0, 0.1) is 0 Å².